The first-order valence-corrected chi connectivity index (χ1v) is 6.69. The van der Waals surface area contributed by atoms with Crippen LogP contribution in [0.1, 0.15) is 30.9 Å². The molecule has 1 aliphatic rings. The number of hydrogen-bond acceptors (Lipinski definition) is 3. The summed E-state index contributed by atoms with van der Waals surface area (Å²) in [5.41, 5.74) is 1.01. The second-order valence-corrected chi connectivity index (χ2v) is 5.27. The van der Waals surface area contributed by atoms with Gasteiger partial charge in [-0.25, -0.2) is 4.39 Å². The van der Waals surface area contributed by atoms with Crippen LogP contribution in [0.3, 0.4) is 0 Å². The van der Waals surface area contributed by atoms with Gasteiger partial charge in [0.1, 0.15) is 11.9 Å². The van der Waals surface area contributed by atoms with E-state index in [0.717, 1.165) is 24.9 Å². The fourth-order valence-electron chi connectivity index (χ4n) is 2.82. The smallest absolute Gasteiger partial charge is 0.140 e. The van der Waals surface area contributed by atoms with Gasteiger partial charge in [0, 0.05) is 12.6 Å². The van der Waals surface area contributed by atoms with Gasteiger partial charge in [-0.05, 0) is 43.0 Å². The highest BCUT2D eigenvalue weighted by atomic mass is 19.1. The first kappa shape index (κ1) is 14.0. The van der Waals surface area contributed by atoms with E-state index in [-0.39, 0.29) is 18.2 Å². The van der Waals surface area contributed by atoms with Crippen LogP contribution in [-0.2, 0) is 6.54 Å². The van der Waals surface area contributed by atoms with E-state index in [4.69, 9.17) is 5.26 Å². The Hall–Kier alpha value is -1.44. The summed E-state index contributed by atoms with van der Waals surface area (Å²) >= 11 is 0. The lowest BCUT2D eigenvalue weighted by molar-refractivity contribution is 0.0472. The lowest BCUT2D eigenvalue weighted by atomic mass is 9.91. The molecule has 0 aliphatic carbocycles. The minimum Gasteiger partial charge on any atom is -0.395 e. The number of halogens is 1. The van der Waals surface area contributed by atoms with Crippen LogP contribution in [0, 0.1) is 23.1 Å². The number of nitriles is 1. The van der Waals surface area contributed by atoms with Gasteiger partial charge in [-0.1, -0.05) is 13.0 Å². The molecule has 1 aliphatic heterocycles. The number of rotatable bonds is 3. The molecule has 102 valence electrons. The SMILES string of the molecule is C[C@@H]1CCCN(Cc2ccc(F)c(C#N)c2)[C@@H]1CO. The molecule has 0 aromatic heterocycles. The normalized spacial score (nSPS) is 24.1. The van der Waals surface area contributed by atoms with Crippen LogP contribution in [0.15, 0.2) is 18.2 Å². The third-order valence-corrected chi connectivity index (χ3v) is 3.95. The van der Waals surface area contributed by atoms with E-state index in [1.165, 1.54) is 6.07 Å². The molecule has 0 bridgehead atoms. The van der Waals surface area contributed by atoms with Crippen molar-refractivity contribution in [3.05, 3.63) is 35.1 Å². The van der Waals surface area contributed by atoms with Gasteiger partial charge in [-0.2, -0.15) is 5.26 Å². The molecule has 1 saturated heterocycles. The number of nitrogens with zero attached hydrogens (tertiary/aromatic N) is 2. The average molecular weight is 262 g/mol. The van der Waals surface area contributed by atoms with E-state index >= 15 is 0 Å². The third kappa shape index (κ3) is 3.12. The number of hydrogen-bond donors (Lipinski definition) is 1. The van der Waals surface area contributed by atoms with Crippen molar-refractivity contribution in [2.75, 3.05) is 13.2 Å². The summed E-state index contributed by atoms with van der Waals surface area (Å²) in [4.78, 5) is 2.22. The Kier molecular flexibility index (Phi) is 4.52. The number of aliphatic hydroxyl groups excluding tert-OH is 1. The molecule has 1 aromatic carbocycles. The average Bonchev–Trinajstić information content (AvgIpc) is 2.41. The summed E-state index contributed by atoms with van der Waals surface area (Å²) in [6, 6.07) is 6.68. The van der Waals surface area contributed by atoms with Gasteiger partial charge < -0.3 is 5.11 Å². The number of aliphatic hydroxyl groups is 1. The van der Waals surface area contributed by atoms with Crippen LogP contribution in [0.5, 0.6) is 0 Å². The first-order chi connectivity index (χ1) is 9.15. The van der Waals surface area contributed by atoms with E-state index in [2.05, 4.69) is 11.8 Å². The molecule has 2 atom stereocenters. The lowest BCUT2D eigenvalue weighted by Gasteiger charge is -2.39. The van der Waals surface area contributed by atoms with Crippen LogP contribution in [0.25, 0.3) is 0 Å². The standard InChI is InChI=1S/C15H19FN2O/c1-11-3-2-6-18(15(11)10-19)9-12-4-5-14(16)13(7-12)8-17/h4-5,7,11,15,19H,2-3,6,9-10H2,1H3/t11-,15-/m1/s1. The fourth-order valence-corrected chi connectivity index (χ4v) is 2.82. The second-order valence-electron chi connectivity index (χ2n) is 5.27. The molecule has 1 N–H and O–H groups in total. The quantitative estimate of drug-likeness (QED) is 0.909. The highest BCUT2D eigenvalue weighted by Crippen LogP contribution is 2.25. The molecule has 0 amide bonds. The molecule has 0 radical (unpaired) electrons. The minimum absolute atomic E-state index is 0.0862. The van der Waals surface area contributed by atoms with E-state index in [1.807, 2.05) is 6.07 Å². The van der Waals surface area contributed by atoms with Crippen LogP contribution >= 0.6 is 0 Å². The van der Waals surface area contributed by atoms with Gasteiger partial charge in [0.05, 0.1) is 12.2 Å². The highest BCUT2D eigenvalue weighted by Gasteiger charge is 2.27. The summed E-state index contributed by atoms with van der Waals surface area (Å²) in [6.45, 7) is 3.89. The molecule has 1 aromatic rings. The molecule has 0 unspecified atom stereocenters. The molecule has 3 nitrogen and oxygen atoms in total. The lowest BCUT2D eigenvalue weighted by Crippen LogP contribution is -2.45. The molecule has 19 heavy (non-hydrogen) atoms. The van der Waals surface area contributed by atoms with Gasteiger partial charge in [0.25, 0.3) is 0 Å². The zero-order chi connectivity index (χ0) is 13.8. The number of benzene rings is 1. The van der Waals surface area contributed by atoms with Crippen molar-refractivity contribution >= 4 is 0 Å². The predicted octanol–water partition coefficient (Wildman–Crippen LogP) is 2.29. The summed E-state index contributed by atoms with van der Waals surface area (Å²) in [6.07, 6.45) is 2.25. The number of piperidine rings is 1. The Morgan fingerprint density at radius 3 is 3.00 bits per heavy atom. The Bertz CT molecular complexity index is 484. The monoisotopic (exact) mass is 262 g/mol. The molecule has 0 saturated carbocycles. The summed E-state index contributed by atoms with van der Waals surface area (Å²) in [5.74, 6) is -0.00777. The van der Waals surface area contributed by atoms with Crippen molar-refractivity contribution in [1.29, 1.82) is 5.26 Å². The fraction of sp³-hybridized carbons (Fsp3) is 0.533. The summed E-state index contributed by atoms with van der Waals surface area (Å²) in [5, 5.41) is 18.3. The summed E-state index contributed by atoms with van der Waals surface area (Å²) in [7, 11) is 0. The van der Waals surface area contributed by atoms with Crippen molar-refractivity contribution < 1.29 is 9.50 Å². The van der Waals surface area contributed by atoms with Crippen LogP contribution in [0.4, 0.5) is 4.39 Å². The molecule has 1 heterocycles. The maximum absolute atomic E-state index is 13.3. The molecule has 0 spiro atoms. The Labute approximate surface area is 113 Å². The van der Waals surface area contributed by atoms with E-state index in [9.17, 15) is 9.50 Å². The van der Waals surface area contributed by atoms with Crippen molar-refractivity contribution in [2.24, 2.45) is 5.92 Å². The minimum atomic E-state index is -0.475. The Morgan fingerprint density at radius 2 is 2.32 bits per heavy atom. The molecule has 1 fully saturated rings. The zero-order valence-electron chi connectivity index (χ0n) is 11.1. The summed E-state index contributed by atoms with van der Waals surface area (Å²) < 4.78 is 13.3. The van der Waals surface area contributed by atoms with Gasteiger partial charge in [-0.3, -0.25) is 4.90 Å². The van der Waals surface area contributed by atoms with Gasteiger partial charge >= 0.3 is 0 Å². The molecule has 2 rings (SSSR count). The van der Waals surface area contributed by atoms with E-state index in [1.54, 1.807) is 12.1 Å². The van der Waals surface area contributed by atoms with Crippen LogP contribution in [0.2, 0.25) is 0 Å². The Morgan fingerprint density at radius 1 is 1.53 bits per heavy atom. The van der Waals surface area contributed by atoms with Crippen molar-refractivity contribution in [3.8, 4) is 6.07 Å². The van der Waals surface area contributed by atoms with Gasteiger partial charge in [-0.15, -0.1) is 0 Å². The maximum atomic E-state index is 13.3. The van der Waals surface area contributed by atoms with Crippen molar-refractivity contribution in [1.82, 2.24) is 4.90 Å². The Balaban J connectivity index is 2.14. The van der Waals surface area contributed by atoms with Crippen LogP contribution < -0.4 is 0 Å². The zero-order valence-corrected chi connectivity index (χ0v) is 11.1. The molecule has 4 heteroatoms. The highest BCUT2D eigenvalue weighted by molar-refractivity contribution is 5.34. The second kappa shape index (κ2) is 6.14. The molecular formula is C15H19FN2O. The van der Waals surface area contributed by atoms with E-state index in [0.29, 0.717) is 12.5 Å². The number of likely N-dealkylation sites (tertiary alicyclic amines) is 1. The maximum Gasteiger partial charge on any atom is 0.140 e. The van der Waals surface area contributed by atoms with Gasteiger partial charge in [0.15, 0.2) is 0 Å². The topological polar surface area (TPSA) is 47.3 Å². The first-order valence-electron chi connectivity index (χ1n) is 6.69. The van der Waals surface area contributed by atoms with Crippen molar-refractivity contribution in [2.45, 2.75) is 32.4 Å². The van der Waals surface area contributed by atoms with Crippen molar-refractivity contribution in [3.63, 3.8) is 0 Å². The predicted molar refractivity (Wildman–Crippen MR) is 70.8 cm³/mol. The van der Waals surface area contributed by atoms with Gasteiger partial charge in [0.2, 0.25) is 0 Å². The molecular weight excluding hydrogens is 243 g/mol. The van der Waals surface area contributed by atoms with E-state index < -0.39 is 5.82 Å². The third-order valence-electron chi connectivity index (χ3n) is 3.95. The van der Waals surface area contributed by atoms with Crippen LogP contribution in [-0.4, -0.2) is 29.2 Å². The largest absolute Gasteiger partial charge is 0.395 e.